The Hall–Kier alpha value is 2.32. The predicted molar refractivity (Wildman–Crippen MR) is 33.6 cm³/mol. The maximum atomic E-state index is 8.40. The molecule has 56 valence electrons. The summed E-state index contributed by atoms with van der Waals surface area (Å²) in [5, 5.41) is 0. The van der Waals surface area contributed by atoms with E-state index in [0.717, 1.165) is 0 Å². The first-order chi connectivity index (χ1) is 5.83. The van der Waals surface area contributed by atoms with Gasteiger partial charge in [-0.1, -0.05) is 0 Å². The minimum absolute atomic E-state index is 0.125. The van der Waals surface area contributed by atoms with Crippen LogP contribution in [0, 0.1) is 0 Å². The van der Waals surface area contributed by atoms with Crippen molar-refractivity contribution in [2.75, 3.05) is 0 Å². The number of hydrogen-bond donors (Lipinski definition) is 0. The van der Waals surface area contributed by atoms with E-state index in [9.17, 15) is 0 Å². The summed E-state index contributed by atoms with van der Waals surface area (Å²) in [6.07, 6.45) is 0. The molecule has 0 spiro atoms. The van der Waals surface area contributed by atoms with Crippen LogP contribution in [-0.2, 0) is 23.9 Å². The van der Waals surface area contributed by atoms with E-state index in [1.807, 2.05) is 0 Å². The number of hydrogen-bond acceptors (Lipinski definition) is 7. The average Bonchev–Trinajstić information content (AvgIpc) is 2.16. The first-order valence-electron chi connectivity index (χ1n) is 1.68. The third-order valence-corrected chi connectivity index (χ3v) is 0. The second kappa shape index (κ2) is 108. The first-order valence-corrected chi connectivity index (χ1v) is 5.70. The van der Waals surface area contributed by atoms with Gasteiger partial charge in [0.25, 0.3) is 0 Å². The van der Waals surface area contributed by atoms with Gasteiger partial charge in [-0.2, -0.15) is 0 Å². The second-order valence-corrected chi connectivity index (χ2v) is 0.500. The third kappa shape index (κ3) is 293. The summed E-state index contributed by atoms with van der Waals surface area (Å²) >= 11 is 0.861. The van der Waals surface area contributed by atoms with Gasteiger partial charge in [0.05, 0.1) is 0 Å². The zero-order valence-electron chi connectivity index (χ0n) is 5.98. The van der Waals surface area contributed by atoms with Crippen LogP contribution in [0.3, 0.4) is 0 Å². The summed E-state index contributed by atoms with van der Waals surface area (Å²) in [6, 6.07) is 0. The quantitative estimate of drug-likeness (QED) is 0.439. The van der Waals surface area contributed by atoms with Crippen LogP contribution < -0.4 is 0 Å². The Labute approximate surface area is 133 Å². The molecule has 7 nitrogen and oxygen atoms in total. The fraction of sp³-hybridized carbons (Fsp3) is 0. The van der Waals surface area contributed by atoms with E-state index in [2.05, 4.69) is 0 Å². The molecular formula is Ca2MgO7Si2. The predicted octanol–water partition coefficient (Wildman–Crippen LogP) is -2.74. The van der Waals surface area contributed by atoms with Gasteiger partial charge in [0.1, 0.15) is 0 Å². The molecule has 0 fully saturated rings. The Kier molecular flexibility index (Phi) is 264. The molecule has 0 unspecified atom stereocenters. The molecule has 0 aliphatic carbocycles. The van der Waals surface area contributed by atoms with Gasteiger partial charge in [0.2, 0.25) is 0 Å². The molecule has 0 N–H and O–H groups in total. The van der Waals surface area contributed by atoms with Crippen molar-refractivity contribution < 1.29 is 23.9 Å². The van der Waals surface area contributed by atoms with E-state index in [1.165, 1.54) is 0 Å². The molecule has 0 rings (SSSR count). The molecule has 0 atom stereocenters. The van der Waals surface area contributed by atoms with E-state index in [1.54, 1.807) is 0 Å². The molecule has 0 aliphatic heterocycles. The van der Waals surface area contributed by atoms with Crippen molar-refractivity contribution in [3.63, 3.8) is 0 Å². The fourth-order valence-corrected chi connectivity index (χ4v) is 0. The molecule has 0 saturated heterocycles. The molecule has 0 aromatic heterocycles. The van der Waals surface area contributed by atoms with E-state index >= 15 is 0 Å². The fourth-order valence-electron chi connectivity index (χ4n) is 0. The molecule has 0 radical (unpaired) electrons. The Morgan fingerprint density at radius 2 is 0.667 bits per heavy atom. The van der Waals surface area contributed by atoms with Gasteiger partial charge in [-0.25, -0.2) is 0 Å². The van der Waals surface area contributed by atoms with E-state index < -0.39 is 18.6 Å². The standard InChI is InChI=1S/2Ca.Mg.2O2Si.3O/c;;;2*1-3-2;;;. The molecule has 0 amide bonds. The summed E-state index contributed by atoms with van der Waals surface area (Å²) in [6.45, 7) is 0. The molecule has 12 heteroatoms. The van der Waals surface area contributed by atoms with Crippen LogP contribution in [0.2, 0.25) is 0 Å². The van der Waals surface area contributed by atoms with Crippen LogP contribution in [0.25, 0.3) is 0 Å². The van der Waals surface area contributed by atoms with Crippen molar-refractivity contribution in [1.29, 1.82) is 0 Å². The molecule has 0 saturated carbocycles. The van der Waals surface area contributed by atoms with E-state index in [-0.39, 0.29) is 71.8 Å². The maximum absolute atomic E-state index is 8.40. The van der Waals surface area contributed by atoms with E-state index in [0.29, 0.717) is 21.7 Å². The summed E-state index contributed by atoms with van der Waals surface area (Å²) in [5.41, 5.74) is 0. The van der Waals surface area contributed by atoms with Crippen molar-refractivity contribution in [2.24, 2.45) is 0 Å². The Balaban J connectivity index is -0.0000000174. The Morgan fingerprint density at radius 3 is 0.667 bits per heavy atom. The zero-order valence-corrected chi connectivity index (χ0v) is 13.8. The summed E-state index contributed by atoms with van der Waals surface area (Å²) in [7, 11) is -2.83. The molecule has 12 heavy (non-hydrogen) atoms. The normalized spacial score (nSPS) is 2.83. The van der Waals surface area contributed by atoms with Gasteiger partial charge >= 0.3 is 118 Å². The van der Waals surface area contributed by atoms with Crippen LogP contribution in [0.15, 0.2) is 0 Å². The van der Waals surface area contributed by atoms with Crippen molar-refractivity contribution in [3.05, 3.63) is 0 Å². The first kappa shape index (κ1) is 29.2. The average molecular weight is 273 g/mol. The second-order valence-electron chi connectivity index (χ2n) is 0.167. The monoisotopic (exact) mass is 272 g/mol. The Bertz CT molecular complexity index is 99.8. The molecule has 0 bridgehead atoms. The number of rotatable bonds is 0. The van der Waals surface area contributed by atoms with Gasteiger partial charge in [0.15, 0.2) is 0 Å². The van der Waals surface area contributed by atoms with Crippen LogP contribution >= 0.6 is 0 Å². The molecular weight excluding hydrogens is 273 g/mol. The van der Waals surface area contributed by atoms with Crippen LogP contribution in [0.4, 0.5) is 0 Å². The van der Waals surface area contributed by atoms with Gasteiger partial charge < -0.3 is 0 Å². The van der Waals surface area contributed by atoms with Crippen LogP contribution in [-0.4, -0.2) is 112 Å². The summed E-state index contributed by atoms with van der Waals surface area (Å²) in [5.74, 6) is 0. The van der Waals surface area contributed by atoms with Crippen molar-refractivity contribution in [2.45, 2.75) is 0 Å². The zero-order chi connectivity index (χ0) is 11.4. The summed E-state index contributed by atoms with van der Waals surface area (Å²) < 4.78 is 58.6. The van der Waals surface area contributed by atoms with Crippen molar-refractivity contribution >= 4 is 112 Å². The third-order valence-electron chi connectivity index (χ3n) is 0. The van der Waals surface area contributed by atoms with Gasteiger partial charge in [-0.15, -0.1) is 0 Å². The molecule has 0 aliphatic rings. The Morgan fingerprint density at radius 1 is 0.667 bits per heavy atom. The topological polar surface area (TPSA) is 119 Å². The van der Waals surface area contributed by atoms with Crippen LogP contribution in [0.1, 0.15) is 0 Å². The van der Waals surface area contributed by atoms with Crippen molar-refractivity contribution in [1.82, 2.24) is 0 Å². The van der Waals surface area contributed by atoms with Gasteiger partial charge in [-0.05, 0) is 0 Å². The molecule has 0 aromatic rings. The SMILES string of the molecule is O=[Si]=O.O=[Si]=O.[O]=[Ca].[O]=[Ca].[O]=[Mg]. The van der Waals surface area contributed by atoms with Gasteiger partial charge in [-0.3, -0.25) is 17.8 Å². The minimum atomic E-state index is -1.42. The summed E-state index contributed by atoms with van der Waals surface area (Å²) in [4.78, 5) is 0. The molecule has 0 aromatic carbocycles. The van der Waals surface area contributed by atoms with Gasteiger partial charge in [0, 0.05) is 0 Å². The van der Waals surface area contributed by atoms with Crippen molar-refractivity contribution in [3.8, 4) is 0 Å². The molecule has 0 heterocycles. The van der Waals surface area contributed by atoms with E-state index in [4.69, 9.17) is 23.9 Å². The van der Waals surface area contributed by atoms with Crippen LogP contribution in [0.5, 0.6) is 0 Å².